The van der Waals surface area contributed by atoms with Crippen molar-refractivity contribution in [1.82, 2.24) is 0 Å². The van der Waals surface area contributed by atoms with Crippen LogP contribution in [0.2, 0.25) is 0 Å². The van der Waals surface area contributed by atoms with Crippen molar-refractivity contribution in [3.05, 3.63) is 35.4 Å². The molecule has 0 saturated heterocycles. The van der Waals surface area contributed by atoms with E-state index in [-0.39, 0.29) is 11.6 Å². The Bertz CT molecular complexity index is 312. The van der Waals surface area contributed by atoms with Crippen molar-refractivity contribution in [3.63, 3.8) is 0 Å². The van der Waals surface area contributed by atoms with Gasteiger partial charge in [0, 0.05) is 12.7 Å². The molecule has 0 radical (unpaired) electrons. The minimum atomic E-state index is 0. The predicted molar refractivity (Wildman–Crippen MR) is 91.9 cm³/mol. The first-order valence-corrected chi connectivity index (χ1v) is 7.15. The van der Waals surface area contributed by atoms with E-state index in [9.17, 15) is 0 Å². The summed E-state index contributed by atoms with van der Waals surface area (Å²) in [5.74, 6) is 1.08. The van der Waals surface area contributed by atoms with Crippen LogP contribution in [0.4, 0.5) is 0 Å². The minimum Gasteiger partial charge on any atom is -0.412 e. The van der Waals surface area contributed by atoms with Crippen LogP contribution in [0.3, 0.4) is 0 Å². The van der Waals surface area contributed by atoms with Crippen molar-refractivity contribution >= 4 is 12.6 Å². The van der Waals surface area contributed by atoms with Gasteiger partial charge in [0.1, 0.15) is 0 Å². The second-order valence-corrected chi connectivity index (χ2v) is 7.38. The van der Waals surface area contributed by atoms with Crippen molar-refractivity contribution in [1.29, 1.82) is 0 Å². The molecular weight excluding hydrogens is 254 g/mol. The SMILES string of the molecule is CC(C)(C)S.CC1CC1.Cc1ccc(CN)cc1.O.[HH]. The lowest BCUT2D eigenvalue weighted by molar-refractivity contribution is 0.812. The van der Waals surface area contributed by atoms with Crippen LogP contribution in [-0.2, 0) is 6.54 Å². The van der Waals surface area contributed by atoms with Crippen molar-refractivity contribution in [2.75, 3.05) is 0 Å². The molecule has 0 amide bonds. The molecule has 0 aromatic heterocycles. The fourth-order valence-corrected chi connectivity index (χ4v) is 0.891. The molecule has 2 nitrogen and oxygen atoms in total. The van der Waals surface area contributed by atoms with E-state index in [1.54, 1.807) is 0 Å². The van der Waals surface area contributed by atoms with E-state index in [1.807, 2.05) is 0 Å². The molecule has 1 aliphatic carbocycles. The molecule has 0 spiro atoms. The van der Waals surface area contributed by atoms with E-state index in [0.29, 0.717) is 6.54 Å². The Morgan fingerprint density at radius 1 is 1.21 bits per heavy atom. The van der Waals surface area contributed by atoms with Gasteiger partial charge >= 0.3 is 0 Å². The summed E-state index contributed by atoms with van der Waals surface area (Å²) >= 11 is 4.12. The Morgan fingerprint density at radius 2 is 1.53 bits per heavy atom. The number of hydrogen-bond acceptors (Lipinski definition) is 2. The predicted octanol–water partition coefficient (Wildman–Crippen LogP) is 4.01. The number of hydrogen-bond donors (Lipinski definition) is 2. The lowest BCUT2D eigenvalue weighted by Crippen LogP contribution is -1.99. The zero-order valence-corrected chi connectivity index (χ0v) is 13.9. The zero-order chi connectivity index (χ0) is 14.2. The molecule has 1 aliphatic rings. The van der Waals surface area contributed by atoms with Crippen LogP contribution in [0.25, 0.3) is 0 Å². The minimum absolute atomic E-state index is 0. The summed E-state index contributed by atoms with van der Waals surface area (Å²) in [5, 5.41) is 0. The second-order valence-electron chi connectivity index (χ2n) is 6.04. The first kappa shape index (κ1) is 20.8. The zero-order valence-electron chi connectivity index (χ0n) is 13.0. The smallest absolute Gasteiger partial charge is 0.0178 e. The lowest BCUT2D eigenvalue weighted by Gasteiger charge is -2.04. The normalized spacial score (nSPS) is 13.2. The van der Waals surface area contributed by atoms with Crippen molar-refractivity contribution in [2.24, 2.45) is 11.7 Å². The van der Waals surface area contributed by atoms with E-state index in [1.165, 1.54) is 24.0 Å². The summed E-state index contributed by atoms with van der Waals surface area (Å²) in [7, 11) is 0. The molecule has 1 aromatic carbocycles. The molecule has 0 aliphatic heterocycles. The highest BCUT2D eigenvalue weighted by molar-refractivity contribution is 7.81. The lowest BCUT2D eigenvalue weighted by atomic mass is 10.2. The van der Waals surface area contributed by atoms with Crippen LogP contribution in [0.1, 0.15) is 53.1 Å². The highest BCUT2D eigenvalue weighted by Gasteiger charge is 2.12. The Balaban J connectivity index is -0.000000227. The number of aryl methyl sites for hydroxylation is 1. The Labute approximate surface area is 126 Å². The molecule has 1 aromatic rings. The molecular formula is C16H33NOS. The van der Waals surface area contributed by atoms with Gasteiger partial charge in [0.05, 0.1) is 0 Å². The van der Waals surface area contributed by atoms with Crippen LogP contribution < -0.4 is 5.73 Å². The maximum Gasteiger partial charge on any atom is 0.0178 e. The van der Waals surface area contributed by atoms with Crippen molar-refractivity contribution in [3.8, 4) is 0 Å². The van der Waals surface area contributed by atoms with E-state index in [2.05, 4.69) is 71.5 Å². The molecule has 2 rings (SSSR count). The molecule has 0 unspecified atom stereocenters. The average Bonchev–Trinajstić information content (AvgIpc) is 3.00. The van der Waals surface area contributed by atoms with Crippen LogP contribution >= 0.6 is 12.6 Å². The Kier molecular flexibility index (Phi) is 11.3. The number of thiol groups is 1. The summed E-state index contributed by atoms with van der Waals surface area (Å²) in [6, 6.07) is 8.25. The molecule has 3 heteroatoms. The van der Waals surface area contributed by atoms with Gasteiger partial charge in [-0.25, -0.2) is 0 Å². The molecule has 0 atom stereocenters. The maximum atomic E-state index is 5.40. The largest absolute Gasteiger partial charge is 0.412 e. The molecule has 1 saturated carbocycles. The summed E-state index contributed by atoms with van der Waals surface area (Å²) in [4.78, 5) is 0. The quantitative estimate of drug-likeness (QED) is 0.753. The Morgan fingerprint density at radius 3 is 1.74 bits per heavy atom. The van der Waals surface area contributed by atoms with E-state index < -0.39 is 0 Å². The van der Waals surface area contributed by atoms with Crippen molar-refractivity contribution in [2.45, 2.75) is 58.8 Å². The number of benzene rings is 1. The first-order valence-electron chi connectivity index (χ1n) is 6.70. The van der Waals surface area contributed by atoms with Gasteiger partial charge in [0.15, 0.2) is 0 Å². The molecule has 1 fully saturated rings. The van der Waals surface area contributed by atoms with E-state index in [4.69, 9.17) is 5.73 Å². The van der Waals surface area contributed by atoms with Gasteiger partial charge in [-0.05, 0) is 18.4 Å². The van der Waals surface area contributed by atoms with Gasteiger partial charge in [-0.1, -0.05) is 70.4 Å². The van der Waals surface area contributed by atoms with Gasteiger partial charge in [-0.3, -0.25) is 0 Å². The maximum absolute atomic E-state index is 5.40. The third-order valence-corrected chi connectivity index (χ3v) is 2.22. The average molecular weight is 288 g/mol. The Hall–Kier alpha value is -0.510. The second kappa shape index (κ2) is 10.3. The van der Waals surface area contributed by atoms with Gasteiger partial charge in [0.2, 0.25) is 0 Å². The van der Waals surface area contributed by atoms with Gasteiger partial charge in [-0.15, -0.1) is 0 Å². The number of rotatable bonds is 1. The summed E-state index contributed by atoms with van der Waals surface area (Å²) < 4.78 is 0.194. The molecule has 0 heterocycles. The van der Waals surface area contributed by atoms with Gasteiger partial charge in [-0.2, -0.15) is 12.6 Å². The summed E-state index contributed by atoms with van der Waals surface area (Å²) in [5.41, 5.74) is 7.88. The fraction of sp³-hybridized carbons (Fsp3) is 0.625. The fourth-order valence-electron chi connectivity index (χ4n) is 0.891. The molecule has 0 bridgehead atoms. The standard InChI is InChI=1S/C8H11N.C4H10S.C4H8.H2O.H2/c1-7-2-4-8(6-9)5-3-7;1-4(2,3)5;1-4-2-3-4;;/h2-5H,6,9H2,1H3;5H,1-3H3;4H,2-3H2,1H3;1H2;1H. The highest BCUT2D eigenvalue weighted by atomic mass is 32.1. The van der Waals surface area contributed by atoms with Crippen LogP contribution in [0.5, 0.6) is 0 Å². The van der Waals surface area contributed by atoms with Crippen LogP contribution in [-0.4, -0.2) is 10.2 Å². The third kappa shape index (κ3) is 20.0. The van der Waals surface area contributed by atoms with E-state index >= 15 is 0 Å². The first-order chi connectivity index (χ1) is 8.22. The summed E-state index contributed by atoms with van der Waals surface area (Å²) in [6.45, 7) is 11.1. The van der Waals surface area contributed by atoms with Gasteiger partial charge < -0.3 is 11.2 Å². The summed E-state index contributed by atoms with van der Waals surface area (Å²) in [6.07, 6.45) is 2.97. The molecule has 19 heavy (non-hydrogen) atoms. The highest BCUT2D eigenvalue weighted by Crippen LogP contribution is 2.26. The topological polar surface area (TPSA) is 57.5 Å². The molecule has 4 N–H and O–H groups in total. The molecule has 114 valence electrons. The van der Waals surface area contributed by atoms with E-state index in [0.717, 1.165) is 5.92 Å². The third-order valence-electron chi connectivity index (χ3n) is 2.22. The monoisotopic (exact) mass is 287 g/mol. The van der Waals surface area contributed by atoms with Crippen LogP contribution in [0.15, 0.2) is 24.3 Å². The van der Waals surface area contributed by atoms with Gasteiger partial charge in [0.25, 0.3) is 0 Å². The van der Waals surface area contributed by atoms with Crippen LogP contribution in [0, 0.1) is 12.8 Å². The van der Waals surface area contributed by atoms with Crippen molar-refractivity contribution < 1.29 is 6.90 Å². The number of nitrogens with two attached hydrogens (primary N) is 1.